The van der Waals surface area contributed by atoms with Crippen LogP contribution in [-0.2, 0) is 20.2 Å². The summed E-state index contributed by atoms with van der Waals surface area (Å²) >= 11 is 0. The summed E-state index contributed by atoms with van der Waals surface area (Å²) in [4.78, 5) is 14.7. The van der Waals surface area contributed by atoms with Gasteiger partial charge in [-0.05, 0) is 23.6 Å². The minimum Gasteiger partial charge on any atom is -0.493 e. The molecular weight excluding hydrogens is 578 g/mol. The highest BCUT2D eigenvalue weighted by Crippen LogP contribution is 2.37. The lowest BCUT2D eigenvalue weighted by Gasteiger charge is -2.21. The van der Waals surface area contributed by atoms with Gasteiger partial charge < -0.3 is 19.9 Å². The molecule has 4 N–H and O–H groups in total. The van der Waals surface area contributed by atoms with Crippen molar-refractivity contribution < 1.29 is 40.2 Å². The van der Waals surface area contributed by atoms with E-state index in [4.69, 9.17) is 29.0 Å². The lowest BCUT2D eigenvalue weighted by atomic mass is 10.0. The minimum absolute atomic E-state index is 0.0350. The zero-order valence-corrected chi connectivity index (χ0v) is 23.9. The molecule has 3 heterocycles. The first kappa shape index (κ1) is 30.1. The number of aromatic nitrogens is 3. The molecule has 1 aromatic carbocycles. The average molecular weight is 608 g/mol. The van der Waals surface area contributed by atoms with E-state index in [1.807, 2.05) is 12.1 Å². The SMILES string of the molecule is COc1cc2ncc3c(N)nc(-c4cncc(OCCN(CCS(=O)(=O)O)CCS(=O)(=O)O)c4)cc3c2cc1OC. The van der Waals surface area contributed by atoms with Gasteiger partial charge in [0, 0.05) is 54.4 Å². The second-order valence-electron chi connectivity index (χ2n) is 9.01. The number of anilines is 1. The minimum atomic E-state index is -4.27. The Hall–Kier alpha value is -3.83. The predicted octanol–water partition coefficient (Wildman–Crippen LogP) is 1.90. The number of nitrogen functional groups attached to an aromatic ring is 1. The quantitative estimate of drug-likeness (QED) is 0.147. The topological polar surface area (TPSA) is 204 Å². The van der Waals surface area contributed by atoms with Crippen molar-refractivity contribution in [2.75, 3.05) is 57.7 Å². The van der Waals surface area contributed by atoms with Crippen molar-refractivity contribution in [3.05, 3.63) is 42.9 Å². The van der Waals surface area contributed by atoms with Crippen LogP contribution in [0.15, 0.2) is 42.9 Å². The molecule has 0 radical (unpaired) electrons. The Kier molecular flexibility index (Phi) is 9.08. The van der Waals surface area contributed by atoms with Crippen molar-refractivity contribution >= 4 is 47.7 Å². The van der Waals surface area contributed by atoms with Gasteiger partial charge in [0.15, 0.2) is 11.5 Å². The first-order valence-electron chi connectivity index (χ1n) is 12.2. The van der Waals surface area contributed by atoms with E-state index in [9.17, 15) is 16.8 Å². The first-order chi connectivity index (χ1) is 19.4. The number of benzene rings is 1. The van der Waals surface area contributed by atoms with E-state index in [0.717, 1.165) is 10.8 Å². The fraction of sp³-hybridized carbons (Fsp3) is 0.320. The van der Waals surface area contributed by atoms with Gasteiger partial charge in [0.2, 0.25) is 0 Å². The number of rotatable bonds is 13. The van der Waals surface area contributed by atoms with Crippen molar-refractivity contribution in [1.82, 2.24) is 19.9 Å². The molecule has 0 bridgehead atoms. The van der Waals surface area contributed by atoms with Crippen molar-refractivity contribution in [2.45, 2.75) is 0 Å². The van der Waals surface area contributed by atoms with Gasteiger partial charge in [-0.15, -0.1) is 0 Å². The number of pyridine rings is 3. The Morgan fingerprint density at radius 3 is 2.12 bits per heavy atom. The number of fused-ring (bicyclic) bond motifs is 3. The molecule has 41 heavy (non-hydrogen) atoms. The molecule has 0 aliphatic heterocycles. The number of hydrogen-bond donors (Lipinski definition) is 3. The third kappa shape index (κ3) is 7.89. The maximum atomic E-state index is 11.1. The predicted molar refractivity (Wildman–Crippen MR) is 153 cm³/mol. The summed E-state index contributed by atoms with van der Waals surface area (Å²) < 4.78 is 79.2. The van der Waals surface area contributed by atoms with Gasteiger partial charge in [-0.2, -0.15) is 16.8 Å². The molecule has 14 nitrogen and oxygen atoms in total. The molecule has 220 valence electrons. The summed E-state index contributed by atoms with van der Waals surface area (Å²) in [6.45, 7) is -0.167. The summed E-state index contributed by atoms with van der Waals surface area (Å²) in [5, 5.41) is 2.23. The lowest BCUT2D eigenvalue weighted by Crippen LogP contribution is -2.36. The molecule has 0 spiro atoms. The molecule has 4 aromatic rings. The molecule has 0 amide bonds. The van der Waals surface area contributed by atoms with E-state index in [0.29, 0.717) is 39.4 Å². The zero-order valence-electron chi connectivity index (χ0n) is 22.2. The number of methoxy groups -OCH3 is 2. The van der Waals surface area contributed by atoms with Crippen LogP contribution in [0, 0.1) is 0 Å². The molecule has 0 fully saturated rings. The summed E-state index contributed by atoms with van der Waals surface area (Å²) in [5.74, 6) is 0.504. The van der Waals surface area contributed by atoms with Gasteiger partial charge >= 0.3 is 0 Å². The molecule has 0 unspecified atom stereocenters. The van der Waals surface area contributed by atoms with Crippen LogP contribution >= 0.6 is 0 Å². The van der Waals surface area contributed by atoms with E-state index in [-0.39, 0.29) is 32.1 Å². The van der Waals surface area contributed by atoms with Crippen LogP contribution in [0.5, 0.6) is 17.2 Å². The Balaban J connectivity index is 1.57. The molecule has 3 aromatic heterocycles. The van der Waals surface area contributed by atoms with Crippen molar-refractivity contribution in [2.24, 2.45) is 0 Å². The summed E-state index contributed by atoms with van der Waals surface area (Å²) in [6.07, 6.45) is 4.71. The number of nitrogens with zero attached hydrogens (tertiary/aromatic N) is 4. The summed E-state index contributed by atoms with van der Waals surface area (Å²) in [6, 6.07) is 7.15. The third-order valence-electron chi connectivity index (χ3n) is 6.23. The van der Waals surface area contributed by atoms with Crippen molar-refractivity contribution in [3.8, 4) is 28.5 Å². The fourth-order valence-corrected chi connectivity index (χ4v) is 5.14. The van der Waals surface area contributed by atoms with E-state index >= 15 is 0 Å². The second kappa shape index (κ2) is 12.4. The Bertz CT molecular complexity index is 1750. The van der Waals surface area contributed by atoms with E-state index in [1.54, 1.807) is 38.7 Å². The van der Waals surface area contributed by atoms with Crippen LogP contribution in [0.1, 0.15) is 0 Å². The van der Waals surface area contributed by atoms with Crippen LogP contribution in [0.3, 0.4) is 0 Å². The molecule has 0 saturated carbocycles. The lowest BCUT2D eigenvalue weighted by molar-refractivity contribution is 0.222. The average Bonchev–Trinajstić information content (AvgIpc) is 2.92. The third-order valence-corrected chi connectivity index (χ3v) is 7.63. The van der Waals surface area contributed by atoms with Gasteiger partial charge in [0.1, 0.15) is 18.2 Å². The molecule has 16 heteroatoms. The Labute approximate surface area is 236 Å². The maximum Gasteiger partial charge on any atom is 0.266 e. The van der Waals surface area contributed by atoms with E-state index in [1.165, 1.54) is 11.1 Å². The van der Waals surface area contributed by atoms with Crippen LogP contribution in [0.2, 0.25) is 0 Å². The Morgan fingerprint density at radius 2 is 1.49 bits per heavy atom. The highest BCUT2D eigenvalue weighted by Gasteiger charge is 2.16. The van der Waals surface area contributed by atoms with Gasteiger partial charge in [0.25, 0.3) is 20.2 Å². The fourth-order valence-electron chi connectivity index (χ4n) is 4.16. The number of nitrogens with two attached hydrogens (primary N) is 1. The maximum absolute atomic E-state index is 11.1. The van der Waals surface area contributed by atoms with Crippen LogP contribution < -0.4 is 19.9 Å². The normalized spacial score (nSPS) is 12.2. The molecule has 0 atom stereocenters. The van der Waals surface area contributed by atoms with Gasteiger partial charge in [0.05, 0.1) is 43.1 Å². The summed E-state index contributed by atoms with van der Waals surface area (Å²) in [7, 11) is -5.44. The van der Waals surface area contributed by atoms with Crippen LogP contribution in [0.25, 0.3) is 32.9 Å². The van der Waals surface area contributed by atoms with Gasteiger partial charge in [-0.1, -0.05) is 0 Å². The highest BCUT2D eigenvalue weighted by molar-refractivity contribution is 7.86. The van der Waals surface area contributed by atoms with Crippen molar-refractivity contribution in [3.63, 3.8) is 0 Å². The number of ether oxygens (including phenoxy) is 3. The monoisotopic (exact) mass is 607 g/mol. The van der Waals surface area contributed by atoms with E-state index in [2.05, 4.69) is 15.0 Å². The van der Waals surface area contributed by atoms with Crippen molar-refractivity contribution in [1.29, 1.82) is 0 Å². The standard InChI is InChI=1S/C25H29N5O9S2/c1-37-23-11-19-18-10-21(29-25(26)20(18)15-28-22(19)12-24(23)38-2)16-9-17(14-27-13-16)39-6-3-30(4-7-40(31,32)33)5-8-41(34,35)36/h9-15H,3-8H2,1-2H3,(H2,26,29)(H,31,32,33)(H,34,35,36). The second-order valence-corrected chi connectivity index (χ2v) is 12.2. The molecule has 0 aliphatic rings. The molecular formula is C25H29N5O9S2. The largest absolute Gasteiger partial charge is 0.493 e. The molecule has 0 aliphatic carbocycles. The van der Waals surface area contributed by atoms with Gasteiger partial charge in [-0.3, -0.25) is 24.0 Å². The first-order valence-corrected chi connectivity index (χ1v) is 15.4. The highest BCUT2D eigenvalue weighted by atomic mass is 32.2. The summed E-state index contributed by atoms with van der Waals surface area (Å²) in [5.41, 5.74) is 8.11. The number of hydrogen-bond acceptors (Lipinski definition) is 12. The molecule has 0 saturated heterocycles. The Morgan fingerprint density at radius 1 is 0.829 bits per heavy atom. The van der Waals surface area contributed by atoms with Gasteiger partial charge in [-0.25, -0.2) is 4.98 Å². The van der Waals surface area contributed by atoms with Crippen LogP contribution in [0.4, 0.5) is 5.82 Å². The molecule has 4 rings (SSSR count). The van der Waals surface area contributed by atoms with Crippen LogP contribution in [-0.4, -0.2) is 97.8 Å². The zero-order chi connectivity index (χ0) is 29.8. The van der Waals surface area contributed by atoms with E-state index < -0.39 is 31.7 Å². The smallest absolute Gasteiger partial charge is 0.266 e.